The number of aliphatic hydroxyl groups excluding tert-OH is 1. The molecule has 13 heteroatoms. The first-order valence-corrected chi connectivity index (χ1v) is 13.8. The standard InChI is InChI=1S/C30H35N7O6/c1-17(38)26(30(42)43)37-29(41)25(13-20-15-32-16-34-20)36-28(40)24(11-18-7-3-2-4-8-18)35-27(39)22(31)12-19-14-33-23-10-6-5-9-21(19)23/h2-10,14-17,22,24-26,33,38H,11-13,31H2,1H3,(H,32,34)(H,35,39)(H,36,40)(H,37,41)(H,42,43). The second kappa shape index (κ2) is 14.2. The van der Waals surface area contributed by atoms with E-state index in [-0.39, 0.29) is 19.3 Å². The highest BCUT2D eigenvalue weighted by molar-refractivity contribution is 5.94. The number of imidazole rings is 1. The predicted octanol–water partition coefficient (Wildman–Crippen LogP) is 0.166. The van der Waals surface area contributed by atoms with Gasteiger partial charge in [0.25, 0.3) is 0 Å². The van der Waals surface area contributed by atoms with Crippen molar-refractivity contribution in [2.24, 2.45) is 5.73 Å². The summed E-state index contributed by atoms with van der Waals surface area (Å²) < 4.78 is 0. The molecule has 2 aromatic heterocycles. The Hall–Kier alpha value is -5.01. The molecular formula is C30H35N7O6. The number of H-pyrrole nitrogens is 2. The first kappa shape index (κ1) is 30.9. The number of benzene rings is 2. The second-order valence-corrected chi connectivity index (χ2v) is 10.3. The molecule has 2 aromatic carbocycles. The summed E-state index contributed by atoms with van der Waals surface area (Å²) in [5.41, 5.74) is 9.29. The van der Waals surface area contributed by atoms with Crippen molar-refractivity contribution in [3.63, 3.8) is 0 Å². The number of carbonyl (C=O) groups excluding carboxylic acids is 3. The van der Waals surface area contributed by atoms with Crippen molar-refractivity contribution in [3.8, 4) is 0 Å². The number of fused-ring (bicyclic) bond motifs is 1. The molecule has 0 saturated heterocycles. The molecule has 0 aliphatic rings. The number of aliphatic carboxylic acids is 1. The van der Waals surface area contributed by atoms with Crippen LogP contribution in [0.1, 0.15) is 23.7 Å². The van der Waals surface area contributed by atoms with Gasteiger partial charge in [0.1, 0.15) is 12.1 Å². The zero-order valence-electron chi connectivity index (χ0n) is 23.5. The van der Waals surface area contributed by atoms with Gasteiger partial charge in [0, 0.05) is 41.8 Å². The molecule has 0 aliphatic heterocycles. The normalized spacial score (nSPS) is 14.7. The predicted molar refractivity (Wildman–Crippen MR) is 158 cm³/mol. The van der Waals surface area contributed by atoms with Crippen LogP contribution in [0.25, 0.3) is 10.9 Å². The van der Waals surface area contributed by atoms with Crippen LogP contribution in [0.15, 0.2) is 73.3 Å². The number of aromatic amines is 2. The Bertz CT molecular complexity index is 1540. The topological polar surface area (TPSA) is 215 Å². The van der Waals surface area contributed by atoms with E-state index in [0.29, 0.717) is 5.69 Å². The van der Waals surface area contributed by atoms with Crippen LogP contribution in [0.4, 0.5) is 0 Å². The Kier molecular flexibility index (Phi) is 10.3. The van der Waals surface area contributed by atoms with E-state index in [4.69, 9.17) is 5.73 Å². The minimum Gasteiger partial charge on any atom is -0.480 e. The highest BCUT2D eigenvalue weighted by atomic mass is 16.4. The number of aromatic nitrogens is 3. The van der Waals surface area contributed by atoms with Crippen LogP contribution >= 0.6 is 0 Å². The number of para-hydroxylation sites is 1. The number of rotatable bonds is 14. The summed E-state index contributed by atoms with van der Waals surface area (Å²) in [6.07, 6.45) is 3.52. The lowest BCUT2D eigenvalue weighted by molar-refractivity contribution is -0.145. The molecule has 9 N–H and O–H groups in total. The summed E-state index contributed by atoms with van der Waals surface area (Å²) in [6, 6.07) is 11.7. The minimum absolute atomic E-state index is 0.0597. The van der Waals surface area contributed by atoms with Crippen LogP contribution in [0.3, 0.4) is 0 Å². The van der Waals surface area contributed by atoms with Crippen molar-refractivity contribution < 1.29 is 29.4 Å². The van der Waals surface area contributed by atoms with Gasteiger partial charge in [-0.15, -0.1) is 0 Å². The Labute approximate surface area is 247 Å². The number of hydrogen-bond acceptors (Lipinski definition) is 7. The van der Waals surface area contributed by atoms with Gasteiger partial charge >= 0.3 is 5.97 Å². The van der Waals surface area contributed by atoms with Gasteiger partial charge < -0.3 is 41.9 Å². The molecule has 13 nitrogen and oxygen atoms in total. The number of nitrogens with two attached hydrogens (primary N) is 1. The summed E-state index contributed by atoms with van der Waals surface area (Å²) >= 11 is 0. The zero-order chi connectivity index (χ0) is 30.9. The van der Waals surface area contributed by atoms with Crippen LogP contribution in [-0.2, 0) is 38.4 Å². The van der Waals surface area contributed by atoms with Crippen LogP contribution in [0.2, 0.25) is 0 Å². The van der Waals surface area contributed by atoms with Crippen molar-refractivity contribution in [2.75, 3.05) is 0 Å². The molecule has 5 atom stereocenters. The number of nitrogens with one attached hydrogen (secondary N) is 5. The molecule has 4 rings (SSSR count). The number of carbonyl (C=O) groups is 4. The molecule has 226 valence electrons. The first-order chi connectivity index (χ1) is 20.6. The summed E-state index contributed by atoms with van der Waals surface area (Å²) in [5.74, 6) is -3.51. The van der Waals surface area contributed by atoms with E-state index in [1.165, 1.54) is 19.4 Å². The van der Waals surface area contributed by atoms with Gasteiger partial charge in [0.2, 0.25) is 17.7 Å². The maximum absolute atomic E-state index is 13.7. The summed E-state index contributed by atoms with van der Waals surface area (Å²) in [4.78, 5) is 61.6. The molecular weight excluding hydrogens is 554 g/mol. The molecule has 0 spiro atoms. The molecule has 0 radical (unpaired) electrons. The van der Waals surface area contributed by atoms with E-state index >= 15 is 0 Å². The van der Waals surface area contributed by atoms with Crippen LogP contribution in [0, 0.1) is 0 Å². The van der Waals surface area contributed by atoms with Gasteiger partial charge in [-0.1, -0.05) is 48.5 Å². The van der Waals surface area contributed by atoms with E-state index < -0.39 is 54.0 Å². The molecule has 0 aliphatic carbocycles. The highest BCUT2D eigenvalue weighted by Gasteiger charge is 2.32. The number of hydrogen-bond donors (Lipinski definition) is 8. The third-order valence-corrected chi connectivity index (χ3v) is 7.03. The van der Waals surface area contributed by atoms with Gasteiger partial charge in [-0.05, 0) is 30.5 Å². The maximum atomic E-state index is 13.7. The number of aliphatic hydroxyl groups is 1. The number of carboxylic acid groups (broad SMARTS) is 1. The third-order valence-electron chi connectivity index (χ3n) is 7.03. The number of nitrogens with zero attached hydrogens (tertiary/aromatic N) is 1. The average Bonchev–Trinajstić information content (AvgIpc) is 3.65. The molecule has 0 bridgehead atoms. The molecule has 3 amide bonds. The Balaban J connectivity index is 1.52. The number of amides is 3. The fourth-order valence-electron chi connectivity index (χ4n) is 4.71. The molecule has 0 fully saturated rings. The van der Waals surface area contributed by atoms with Gasteiger partial charge in [-0.2, -0.15) is 0 Å². The third kappa shape index (κ3) is 8.27. The lowest BCUT2D eigenvalue weighted by atomic mass is 10.0. The van der Waals surface area contributed by atoms with E-state index in [1.807, 2.05) is 30.3 Å². The monoisotopic (exact) mass is 589 g/mol. The quantitative estimate of drug-likeness (QED) is 0.101. The smallest absolute Gasteiger partial charge is 0.328 e. The van der Waals surface area contributed by atoms with Crippen LogP contribution in [-0.4, -0.2) is 79.1 Å². The summed E-state index contributed by atoms with van der Waals surface area (Å²) in [7, 11) is 0. The Morgan fingerprint density at radius 2 is 1.51 bits per heavy atom. The summed E-state index contributed by atoms with van der Waals surface area (Å²) in [5, 5.41) is 27.9. The van der Waals surface area contributed by atoms with Gasteiger partial charge in [-0.25, -0.2) is 9.78 Å². The van der Waals surface area contributed by atoms with Crippen molar-refractivity contribution >= 4 is 34.6 Å². The largest absolute Gasteiger partial charge is 0.480 e. The van der Waals surface area contributed by atoms with Crippen molar-refractivity contribution in [3.05, 3.63) is 90.1 Å². The molecule has 4 aromatic rings. The minimum atomic E-state index is -1.60. The maximum Gasteiger partial charge on any atom is 0.328 e. The lowest BCUT2D eigenvalue weighted by Crippen LogP contribution is -2.59. The van der Waals surface area contributed by atoms with Gasteiger partial charge in [0.15, 0.2) is 6.04 Å². The van der Waals surface area contributed by atoms with Crippen LogP contribution < -0.4 is 21.7 Å². The van der Waals surface area contributed by atoms with Crippen LogP contribution in [0.5, 0.6) is 0 Å². The lowest BCUT2D eigenvalue weighted by Gasteiger charge is -2.25. The zero-order valence-corrected chi connectivity index (χ0v) is 23.5. The van der Waals surface area contributed by atoms with E-state index in [1.54, 1.807) is 30.5 Å². The van der Waals surface area contributed by atoms with E-state index in [2.05, 4.69) is 30.9 Å². The van der Waals surface area contributed by atoms with Gasteiger partial charge in [0.05, 0.1) is 18.5 Å². The molecule has 0 saturated carbocycles. The van der Waals surface area contributed by atoms with Gasteiger partial charge in [-0.3, -0.25) is 14.4 Å². The molecule has 43 heavy (non-hydrogen) atoms. The van der Waals surface area contributed by atoms with Crippen molar-refractivity contribution in [1.82, 2.24) is 30.9 Å². The Morgan fingerprint density at radius 3 is 2.19 bits per heavy atom. The van der Waals surface area contributed by atoms with Crippen molar-refractivity contribution in [2.45, 2.75) is 56.5 Å². The summed E-state index contributed by atoms with van der Waals surface area (Å²) in [6.45, 7) is 1.23. The van der Waals surface area contributed by atoms with E-state index in [9.17, 15) is 29.4 Å². The highest BCUT2D eigenvalue weighted by Crippen LogP contribution is 2.19. The first-order valence-electron chi connectivity index (χ1n) is 13.8. The fraction of sp³-hybridized carbons (Fsp3) is 0.300. The average molecular weight is 590 g/mol. The fourth-order valence-corrected chi connectivity index (χ4v) is 4.71. The van der Waals surface area contributed by atoms with Crippen molar-refractivity contribution in [1.29, 1.82) is 0 Å². The molecule has 2 heterocycles. The molecule has 5 unspecified atom stereocenters. The van der Waals surface area contributed by atoms with E-state index in [0.717, 1.165) is 22.0 Å². The second-order valence-electron chi connectivity index (χ2n) is 10.3. The Morgan fingerprint density at radius 1 is 0.860 bits per heavy atom. The number of carboxylic acids is 1. The SMILES string of the molecule is CC(O)C(NC(=O)C(Cc1cnc[nH]1)NC(=O)C(Cc1ccccc1)NC(=O)C(N)Cc1c[nH]c2ccccc12)C(=O)O.